The number of aliphatic hydroxyl groups excluding tert-OH is 3. The van der Waals surface area contributed by atoms with Gasteiger partial charge in [0.15, 0.2) is 11.9 Å². The molecule has 4 atom stereocenters. The number of hydrogen-bond donors (Lipinski definition) is 6. The van der Waals surface area contributed by atoms with Crippen molar-refractivity contribution in [1.82, 2.24) is 15.0 Å². The molecule has 6 N–H and O–H groups in total. The van der Waals surface area contributed by atoms with Crippen LogP contribution < -0.4 is 11.0 Å². The summed E-state index contributed by atoms with van der Waals surface area (Å²) in [5, 5.41) is 53.0. The molecule has 23 heavy (non-hydrogen) atoms. The lowest BCUT2D eigenvalue weighted by molar-refractivity contribution is -0.0622. The van der Waals surface area contributed by atoms with Gasteiger partial charge in [-0.25, -0.2) is 0 Å². The molecule has 11 heteroatoms. The van der Waals surface area contributed by atoms with E-state index < -0.39 is 36.7 Å². The smallest absolute Gasteiger partial charge is 0.298 e. The van der Waals surface area contributed by atoms with E-state index in [0.29, 0.717) is 17.5 Å². The molecule has 1 saturated heterocycles. The van der Waals surface area contributed by atoms with Crippen LogP contribution in [0, 0.1) is 5.41 Å². The largest absolute Gasteiger partial charge is 0.394 e. The maximum atomic E-state index is 12.4. The maximum Gasteiger partial charge on any atom is 0.298 e. The molecular weight excluding hydrogens is 310 g/mol. The van der Waals surface area contributed by atoms with Crippen LogP contribution in [0.25, 0.3) is 0 Å². The summed E-state index contributed by atoms with van der Waals surface area (Å²) in [5.74, 6) is 0. The number of rotatable bonds is 6. The van der Waals surface area contributed by atoms with Crippen molar-refractivity contribution >= 4 is 11.4 Å². The summed E-state index contributed by atoms with van der Waals surface area (Å²) >= 11 is 0. The average molecular weight is 329 g/mol. The molecule has 0 aromatic carbocycles. The molecule has 4 unspecified atom stereocenters. The van der Waals surface area contributed by atoms with Gasteiger partial charge in [0, 0.05) is 0 Å². The van der Waals surface area contributed by atoms with Crippen LogP contribution in [-0.2, 0) is 4.74 Å². The van der Waals surface area contributed by atoms with Gasteiger partial charge in [-0.1, -0.05) is 18.6 Å². The first-order chi connectivity index (χ1) is 11.0. The predicted octanol–water partition coefficient (Wildman–Crippen LogP) is -1.78. The Bertz CT molecular complexity index is 635. The van der Waals surface area contributed by atoms with Gasteiger partial charge in [-0.05, 0) is 6.42 Å². The summed E-state index contributed by atoms with van der Waals surface area (Å²) in [6.07, 6.45) is -4.38. The summed E-state index contributed by atoms with van der Waals surface area (Å²) in [6.45, 7) is 1.29. The van der Waals surface area contributed by atoms with Crippen molar-refractivity contribution in [2.45, 2.75) is 44.3 Å². The van der Waals surface area contributed by atoms with Gasteiger partial charge in [-0.15, -0.1) is 5.10 Å². The standard InChI is InChI=1S/C12H19N5O6/c1-2-3-5(13)7-8(15-22)11(21)17(16-14-7)12-10(20)9(19)6(4-18)23-12/h6,9-10,12-13,15,18-20,22H,2-4H2,1H3. The maximum absolute atomic E-state index is 12.4. The van der Waals surface area contributed by atoms with Crippen molar-refractivity contribution in [2.24, 2.45) is 0 Å². The van der Waals surface area contributed by atoms with E-state index in [9.17, 15) is 20.2 Å². The molecule has 11 nitrogen and oxygen atoms in total. The third-order valence-electron chi connectivity index (χ3n) is 3.56. The average Bonchev–Trinajstić information content (AvgIpc) is 2.82. The normalized spacial score (nSPS) is 27.2. The van der Waals surface area contributed by atoms with Crippen LogP contribution in [0.4, 0.5) is 5.69 Å². The van der Waals surface area contributed by atoms with E-state index in [1.54, 1.807) is 5.48 Å². The second-order valence-electron chi connectivity index (χ2n) is 5.13. The highest BCUT2D eigenvalue weighted by atomic mass is 16.6. The highest BCUT2D eigenvalue weighted by Gasteiger charge is 2.44. The molecular formula is C12H19N5O6. The highest BCUT2D eigenvalue weighted by Crippen LogP contribution is 2.27. The van der Waals surface area contributed by atoms with Gasteiger partial charge in [0.2, 0.25) is 0 Å². The van der Waals surface area contributed by atoms with Crippen LogP contribution >= 0.6 is 0 Å². The van der Waals surface area contributed by atoms with Crippen molar-refractivity contribution in [3.05, 3.63) is 16.0 Å². The Kier molecular flexibility index (Phi) is 5.38. The monoisotopic (exact) mass is 329 g/mol. The van der Waals surface area contributed by atoms with E-state index in [-0.39, 0.29) is 17.1 Å². The third-order valence-corrected chi connectivity index (χ3v) is 3.56. The van der Waals surface area contributed by atoms with E-state index >= 15 is 0 Å². The third kappa shape index (κ3) is 3.09. The zero-order chi connectivity index (χ0) is 17.1. The van der Waals surface area contributed by atoms with Gasteiger partial charge in [0.25, 0.3) is 5.56 Å². The van der Waals surface area contributed by atoms with Gasteiger partial charge in [0.05, 0.1) is 12.3 Å². The highest BCUT2D eigenvalue weighted by molar-refractivity contribution is 6.00. The molecule has 0 saturated carbocycles. The lowest BCUT2D eigenvalue weighted by Crippen LogP contribution is -2.38. The number of nitrogens with one attached hydrogen (secondary N) is 2. The minimum Gasteiger partial charge on any atom is -0.394 e. The Morgan fingerprint density at radius 1 is 1.43 bits per heavy atom. The van der Waals surface area contributed by atoms with E-state index in [2.05, 4.69) is 10.3 Å². The van der Waals surface area contributed by atoms with E-state index in [0.717, 1.165) is 0 Å². The van der Waals surface area contributed by atoms with Crippen molar-refractivity contribution in [3.8, 4) is 0 Å². The van der Waals surface area contributed by atoms with Gasteiger partial charge in [-0.3, -0.25) is 15.5 Å². The van der Waals surface area contributed by atoms with Crippen molar-refractivity contribution in [3.63, 3.8) is 0 Å². The van der Waals surface area contributed by atoms with Crippen LogP contribution in [0.1, 0.15) is 31.7 Å². The van der Waals surface area contributed by atoms with Gasteiger partial charge < -0.3 is 25.5 Å². The summed E-state index contributed by atoms with van der Waals surface area (Å²) in [5.41, 5.74) is 0.339. The Hall–Kier alpha value is -1.92. The Morgan fingerprint density at radius 3 is 2.65 bits per heavy atom. The van der Waals surface area contributed by atoms with Crippen LogP contribution in [-0.4, -0.2) is 66.2 Å². The summed E-state index contributed by atoms with van der Waals surface area (Å²) in [6, 6.07) is 0. The lowest BCUT2D eigenvalue weighted by Gasteiger charge is -2.17. The number of hydrogen-bond acceptors (Lipinski definition) is 10. The van der Waals surface area contributed by atoms with E-state index in [1.807, 2.05) is 6.92 Å². The quantitative estimate of drug-likeness (QED) is 0.260. The molecule has 0 amide bonds. The molecule has 1 aliphatic heterocycles. The molecule has 1 aliphatic rings. The zero-order valence-corrected chi connectivity index (χ0v) is 12.4. The number of aromatic nitrogens is 3. The molecule has 2 rings (SSSR count). The van der Waals surface area contributed by atoms with Gasteiger partial charge in [-0.2, -0.15) is 4.68 Å². The van der Waals surface area contributed by atoms with Gasteiger partial charge >= 0.3 is 0 Å². The Morgan fingerprint density at radius 2 is 2.13 bits per heavy atom. The second-order valence-corrected chi connectivity index (χ2v) is 5.13. The van der Waals surface area contributed by atoms with Crippen LogP contribution in [0.2, 0.25) is 0 Å². The first kappa shape index (κ1) is 17.4. The fourth-order valence-corrected chi connectivity index (χ4v) is 2.33. The molecule has 2 heterocycles. The Labute approximate surface area is 130 Å². The minimum atomic E-state index is -1.51. The molecule has 0 spiro atoms. The SMILES string of the molecule is CCCC(=N)c1nnn(C2OC(CO)C(O)C2O)c(=O)c1NO. The Balaban J connectivity index is 2.42. The zero-order valence-electron chi connectivity index (χ0n) is 12.4. The van der Waals surface area contributed by atoms with E-state index in [1.165, 1.54) is 0 Å². The number of ether oxygens (including phenoxy) is 1. The molecule has 1 fully saturated rings. The molecule has 0 radical (unpaired) electrons. The first-order valence-electron chi connectivity index (χ1n) is 7.06. The molecule has 128 valence electrons. The molecule has 1 aromatic rings. The van der Waals surface area contributed by atoms with Crippen molar-refractivity contribution in [2.75, 3.05) is 12.1 Å². The molecule has 0 bridgehead atoms. The minimum absolute atomic E-state index is 0.0157. The summed E-state index contributed by atoms with van der Waals surface area (Å²) in [7, 11) is 0. The molecule has 1 aromatic heterocycles. The molecule has 0 aliphatic carbocycles. The lowest BCUT2D eigenvalue weighted by atomic mass is 10.1. The van der Waals surface area contributed by atoms with Crippen molar-refractivity contribution in [1.29, 1.82) is 5.41 Å². The van der Waals surface area contributed by atoms with E-state index in [4.69, 9.17) is 15.3 Å². The number of anilines is 1. The first-order valence-corrected chi connectivity index (χ1v) is 7.06. The number of nitrogens with zero attached hydrogens (tertiary/aromatic N) is 3. The fraction of sp³-hybridized carbons (Fsp3) is 0.667. The van der Waals surface area contributed by atoms with Crippen LogP contribution in [0.5, 0.6) is 0 Å². The fourth-order valence-electron chi connectivity index (χ4n) is 2.33. The van der Waals surface area contributed by atoms with Crippen molar-refractivity contribution < 1.29 is 25.3 Å². The summed E-state index contributed by atoms with van der Waals surface area (Å²) in [4.78, 5) is 12.4. The van der Waals surface area contributed by atoms with Crippen LogP contribution in [0.3, 0.4) is 0 Å². The second kappa shape index (κ2) is 7.10. The predicted molar refractivity (Wildman–Crippen MR) is 76.4 cm³/mol. The number of aliphatic hydroxyl groups is 3. The van der Waals surface area contributed by atoms with Crippen LogP contribution in [0.15, 0.2) is 4.79 Å². The topological polar surface area (TPSA) is 174 Å². The van der Waals surface area contributed by atoms with Gasteiger partial charge in [0.1, 0.15) is 24.0 Å². The summed E-state index contributed by atoms with van der Waals surface area (Å²) < 4.78 is 5.84.